The predicted octanol–water partition coefficient (Wildman–Crippen LogP) is 2.13. The number of rotatable bonds is 8. The Bertz CT molecular complexity index is 356. The van der Waals surface area contributed by atoms with Crippen LogP contribution in [0.15, 0.2) is 0 Å². The van der Waals surface area contributed by atoms with Gasteiger partial charge in [0, 0.05) is 12.6 Å². The van der Waals surface area contributed by atoms with Gasteiger partial charge >= 0.3 is 0 Å². The number of nitrogens with two attached hydrogens (primary N) is 1. The summed E-state index contributed by atoms with van der Waals surface area (Å²) < 4.78 is 0. The Morgan fingerprint density at radius 3 is 2.57 bits per heavy atom. The summed E-state index contributed by atoms with van der Waals surface area (Å²) in [5.41, 5.74) is 5.32. The lowest BCUT2D eigenvalue weighted by Gasteiger charge is -2.41. The maximum absolute atomic E-state index is 12.2. The normalized spacial score (nSPS) is 29.3. The molecule has 4 heteroatoms. The standard InChI is InChI=1S/C17H33N3O/c1-4-10-19-17(16(18)21,14-8-9-14)12-20(3)15-7-5-6-13(2)11-15/h13-15,19H,4-12H2,1-3H3,(H2,18,21). The summed E-state index contributed by atoms with van der Waals surface area (Å²) in [5, 5.41) is 3.51. The molecule has 0 aromatic heterocycles. The predicted molar refractivity (Wildman–Crippen MR) is 87.0 cm³/mol. The van der Waals surface area contributed by atoms with Crippen LogP contribution in [0, 0.1) is 11.8 Å². The zero-order valence-electron chi connectivity index (χ0n) is 14.0. The van der Waals surface area contributed by atoms with Crippen molar-refractivity contribution < 1.29 is 4.79 Å². The van der Waals surface area contributed by atoms with Crippen LogP contribution in [-0.4, -0.2) is 42.5 Å². The zero-order chi connectivity index (χ0) is 15.5. The van der Waals surface area contributed by atoms with Crippen molar-refractivity contribution in [2.24, 2.45) is 17.6 Å². The van der Waals surface area contributed by atoms with Crippen molar-refractivity contribution in [2.45, 2.75) is 70.4 Å². The van der Waals surface area contributed by atoms with Crippen molar-refractivity contribution in [1.29, 1.82) is 0 Å². The molecular weight excluding hydrogens is 262 g/mol. The summed E-state index contributed by atoms with van der Waals surface area (Å²) in [7, 11) is 2.18. The monoisotopic (exact) mass is 295 g/mol. The van der Waals surface area contributed by atoms with Crippen molar-refractivity contribution in [3.8, 4) is 0 Å². The van der Waals surface area contributed by atoms with Crippen molar-refractivity contribution in [1.82, 2.24) is 10.2 Å². The third-order valence-electron chi connectivity index (χ3n) is 5.44. The van der Waals surface area contributed by atoms with Gasteiger partial charge in [0.1, 0.15) is 5.54 Å². The molecule has 4 nitrogen and oxygen atoms in total. The second kappa shape index (κ2) is 7.10. The third-order valence-corrected chi connectivity index (χ3v) is 5.44. The average Bonchev–Trinajstić information content (AvgIpc) is 3.27. The topological polar surface area (TPSA) is 58.4 Å². The molecule has 2 rings (SSSR count). The van der Waals surface area contributed by atoms with Crippen LogP contribution in [0.4, 0.5) is 0 Å². The Labute approximate surface area is 129 Å². The second-order valence-corrected chi connectivity index (χ2v) is 7.38. The quantitative estimate of drug-likeness (QED) is 0.721. The Hall–Kier alpha value is -0.610. The van der Waals surface area contributed by atoms with Gasteiger partial charge in [0.25, 0.3) is 0 Å². The number of hydrogen-bond donors (Lipinski definition) is 2. The first-order chi connectivity index (χ1) is 9.99. The summed E-state index contributed by atoms with van der Waals surface area (Å²) >= 11 is 0. The highest BCUT2D eigenvalue weighted by atomic mass is 16.1. The van der Waals surface area contributed by atoms with Crippen LogP contribution < -0.4 is 11.1 Å². The summed E-state index contributed by atoms with van der Waals surface area (Å²) in [6, 6.07) is 0.606. The molecule has 0 radical (unpaired) electrons. The summed E-state index contributed by atoms with van der Waals surface area (Å²) in [6.07, 6.45) is 8.47. The lowest BCUT2D eigenvalue weighted by Crippen LogP contribution is -2.64. The Morgan fingerprint density at radius 1 is 1.33 bits per heavy atom. The highest BCUT2D eigenvalue weighted by Gasteiger charge is 2.50. The van der Waals surface area contributed by atoms with Crippen molar-refractivity contribution in [2.75, 3.05) is 20.1 Å². The number of carbonyl (C=O) groups excluding carboxylic acids is 1. The van der Waals surface area contributed by atoms with Gasteiger partial charge < -0.3 is 16.0 Å². The number of carbonyl (C=O) groups is 1. The second-order valence-electron chi connectivity index (χ2n) is 7.38. The minimum absolute atomic E-state index is 0.158. The smallest absolute Gasteiger partial charge is 0.239 e. The molecule has 0 spiro atoms. The summed E-state index contributed by atoms with van der Waals surface area (Å²) in [6.45, 7) is 6.12. The summed E-state index contributed by atoms with van der Waals surface area (Å²) in [4.78, 5) is 14.6. The van der Waals surface area contributed by atoms with Crippen LogP contribution in [0.3, 0.4) is 0 Å². The largest absolute Gasteiger partial charge is 0.368 e. The maximum Gasteiger partial charge on any atom is 0.239 e. The van der Waals surface area contributed by atoms with Gasteiger partial charge in [-0.3, -0.25) is 4.79 Å². The van der Waals surface area contributed by atoms with Crippen molar-refractivity contribution in [3.63, 3.8) is 0 Å². The Balaban J connectivity index is 2.04. The molecule has 3 atom stereocenters. The number of amides is 1. The fourth-order valence-corrected chi connectivity index (χ4v) is 3.94. The van der Waals surface area contributed by atoms with Gasteiger partial charge in [0.15, 0.2) is 0 Å². The van der Waals surface area contributed by atoms with E-state index in [1.165, 1.54) is 25.7 Å². The molecule has 2 fully saturated rings. The molecule has 2 saturated carbocycles. The molecular formula is C17H33N3O. The van der Waals surface area contributed by atoms with Crippen molar-refractivity contribution >= 4 is 5.91 Å². The van der Waals surface area contributed by atoms with E-state index in [1.54, 1.807) is 0 Å². The minimum Gasteiger partial charge on any atom is -0.368 e. The van der Waals surface area contributed by atoms with Gasteiger partial charge in [-0.05, 0) is 57.5 Å². The fourth-order valence-electron chi connectivity index (χ4n) is 3.94. The first-order valence-corrected chi connectivity index (χ1v) is 8.74. The highest BCUT2D eigenvalue weighted by molar-refractivity contribution is 5.86. The van der Waals surface area contributed by atoms with E-state index in [0.29, 0.717) is 12.0 Å². The molecule has 3 N–H and O–H groups in total. The molecule has 0 saturated heterocycles. The number of primary amides is 1. The van der Waals surface area contributed by atoms with Gasteiger partial charge in [0.2, 0.25) is 5.91 Å². The molecule has 0 heterocycles. The zero-order valence-corrected chi connectivity index (χ0v) is 14.0. The van der Waals surface area contributed by atoms with Crippen molar-refractivity contribution in [3.05, 3.63) is 0 Å². The van der Waals surface area contributed by atoms with Crippen LogP contribution in [0.25, 0.3) is 0 Å². The number of hydrogen-bond acceptors (Lipinski definition) is 3. The van der Waals surface area contributed by atoms with Crippen LogP contribution >= 0.6 is 0 Å². The molecule has 0 bridgehead atoms. The number of likely N-dealkylation sites (N-methyl/N-ethyl adjacent to an activating group) is 1. The lowest BCUT2D eigenvalue weighted by molar-refractivity contribution is -0.126. The van der Waals surface area contributed by atoms with E-state index in [9.17, 15) is 4.79 Å². The van der Waals surface area contributed by atoms with Gasteiger partial charge in [-0.1, -0.05) is 26.7 Å². The molecule has 0 aromatic carbocycles. The first-order valence-electron chi connectivity index (χ1n) is 8.74. The van der Waals surface area contributed by atoms with E-state index in [-0.39, 0.29) is 5.91 Å². The molecule has 2 aliphatic carbocycles. The van der Waals surface area contributed by atoms with E-state index in [0.717, 1.165) is 38.3 Å². The molecule has 2 aliphatic rings. The van der Waals surface area contributed by atoms with E-state index >= 15 is 0 Å². The van der Waals surface area contributed by atoms with E-state index in [1.807, 2.05) is 0 Å². The van der Waals surface area contributed by atoms with E-state index in [4.69, 9.17) is 5.73 Å². The molecule has 1 amide bonds. The molecule has 0 aliphatic heterocycles. The van der Waals surface area contributed by atoms with Crippen LogP contribution in [-0.2, 0) is 4.79 Å². The Morgan fingerprint density at radius 2 is 2.05 bits per heavy atom. The Kier molecular flexibility index (Phi) is 5.67. The van der Waals surface area contributed by atoms with Gasteiger partial charge in [-0.2, -0.15) is 0 Å². The van der Waals surface area contributed by atoms with E-state index in [2.05, 4.69) is 31.1 Å². The van der Waals surface area contributed by atoms with E-state index < -0.39 is 5.54 Å². The highest BCUT2D eigenvalue weighted by Crippen LogP contribution is 2.41. The van der Waals surface area contributed by atoms with Crippen LogP contribution in [0.5, 0.6) is 0 Å². The average molecular weight is 295 g/mol. The molecule has 3 unspecified atom stereocenters. The number of nitrogens with zero attached hydrogens (tertiary/aromatic N) is 1. The third kappa shape index (κ3) is 3.98. The lowest BCUT2D eigenvalue weighted by atomic mass is 9.84. The number of nitrogens with one attached hydrogen (secondary N) is 1. The maximum atomic E-state index is 12.2. The van der Waals surface area contributed by atoms with Crippen LogP contribution in [0.1, 0.15) is 58.8 Å². The van der Waals surface area contributed by atoms with Crippen LogP contribution in [0.2, 0.25) is 0 Å². The first kappa shape index (κ1) is 16.8. The fraction of sp³-hybridized carbons (Fsp3) is 0.941. The van der Waals surface area contributed by atoms with Gasteiger partial charge in [-0.25, -0.2) is 0 Å². The minimum atomic E-state index is -0.508. The molecule has 0 aromatic rings. The summed E-state index contributed by atoms with van der Waals surface area (Å²) in [5.74, 6) is 1.08. The molecule has 122 valence electrons. The van der Waals surface area contributed by atoms with Gasteiger partial charge in [0.05, 0.1) is 0 Å². The SMILES string of the molecule is CCCNC(CN(C)C1CCCC(C)C1)(C(N)=O)C1CC1. The molecule has 21 heavy (non-hydrogen) atoms. The van der Waals surface area contributed by atoms with Gasteiger partial charge in [-0.15, -0.1) is 0 Å².